The number of ether oxygens (including phenoxy) is 3. The molecule has 0 radical (unpaired) electrons. The molecule has 0 unspecified atom stereocenters. The summed E-state index contributed by atoms with van der Waals surface area (Å²) in [5.41, 5.74) is 0.165. The van der Waals surface area contributed by atoms with E-state index in [1.165, 1.54) is 24.0 Å². The van der Waals surface area contributed by atoms with E-state index in [1.54, 1.807) is 7.05 Å². The molecule has 0 saturated carbocycles. The van der Waals surface area contributed by atoms with Gasteiger partial charge in [-0.15, -0.1) is 0 Å². The fourth-order valence-corrected chi connectivity index (χ4v) is 2.27. The highest BCUT2D eigenvalue weighted by Gasteiger charge is 2.25. The molecule has 0 bridgehead atoms. The molecule has 0 aliphatic carbocycles. The molecule has 1 atom stereocenters. The second-order valence-electron chi connectivity index (χ2n) is 4.91. The Balaban J connectivity index is 2.03. The number of rotatable bonds is 5. The van der Waals surface area contributed by atoms with Crippen LogP contribution in [0, 0.1) is 11.3 Å². The minimum Gasteiger partial charge on any atom is -0.454 e. The predicted molar refractivity (Wildman–Crippen MR) is 80.3 cm³/mol. The van der Waals surface area contributed by atoms with Gasteiger partial charge in [0, 0.05) is 13.6 Å². The maximum absolute atomic E-state index is 12.1. The normalized spacial score (nSPS) is 13.1. The summed E-state index contributed by atoms with van der Waals surface area (Å²) in [6, 6.07) is 4.80. The van der Waals surface area contributed by atoms with Crippen LogP contribution in [-0.4, -0.2) is 43.3 Å². The molecule has 0 saturated heterocycles. The van der Waals surface area contributed by atoms with Gasteiger partial charge >= 0.3 is 5.97 Å². The van der Waals surface area contributed by atoms with Crippen LogP contribution in [-0.2, 0) is 9.53 Å². The zero-order valence-electron chi connectivity index (χ0n) is 12.7. The molecule has 23 heavy (non-hydrogen) atoms. The molecule has 2 rings (SSSR count). The van der Waals surface area contributed by atoms with Gasteiger partial charge in [-0.3, -0.25) is 4.79 Å². The lowest BCUT2D eigenvalue weighted by Gasteiger charge is -2.20. The van der Waals surface area contributed by atoms with E-state index < -0.39 is 12.1 Å². The Hall–Kier alpha value is -2.46. The molecule has 0 spiro atoms. The van der Waals surface area contributed by atoms with Crippen molar-refractivity contribution in [2.75, 3.05) is 20.4 Å². The lowest BCUT2D eigenvalue weighted by atomic mass is 10.2. The van der Waals surface area contributed by atoms with Crippen LogP contribution in [0.1, 0.15) is 23.7 Å². The number of hydrogen-bond donors (Lipinski definition) is 0. The molecule has 7 nitrogen and oxygen atoms in total. The summed E-state index contributed by atoms with van der Waals surface area (Å²) in [5.74, 6) is -0.349. The molecule has 0 fully saturated rings. The summed E-state index contributed by atoms with van der Waals surface area (Å²) in [4.78, 5) is 25.5. The Labute approximate surface area is 138 Å². The van der Waals surface area contributed by atoms with Crippen molar-refractivity contribution in [1.29, 1.82) is 5.26 Å². The Morgan fingerprint density at radius 3 is 2.91 bits per heavy atom. The van der Waals surface area contributed by atoms with Gasteiger partial charge in [-0.1, -0.05) is 11.6 Å². The van der Waals surface area contributed by atoms with Crippen molar-refractivity contribution in [3.8, 4) is 17.6 Å². The third kappa shape index (κ3) is 3.85. The molecule has 122 valence electrons. The Morgan fingerprint density at radius 2 is 2.22 bits per heavy atom. The smallest absolute Gasteiger partial charge is 0.339 e. The van der Waals surface area contributed by atoms with E-state index in [-0.39, 0.29) is 36.3 Å². The number of fused-ring (bicyclic) bond motifs is 1. The molecule has 1 heterocycles. The van der Waals surface area contributed by atoms with Crippen molar-refractivity contribution in [3.63, 3.8) is 0 Å². The fraction of sp³-hybridized carbons (Fsp3) is 0.400. The first-order chi connectivity index (χ1) is 10.9. The van der Waals surface area contributed by atoms with E-state index in [0.29, 0.717) is 11.5 Å². The summed E-state index contributed by atoms with van der Waals surface area (Å²) < 4.78 is 15.5. The van der Waals surface area contributed by atoms with Crippen molar-refractivity contribution in [1.82, 2.24) is 4.90 Å². The van der Waals surface area contributed by atoms with Crippen molar-refractivity contribution in [2.24, 2.45) is 0 Å². The van der Waals surface area contributed by atoms with Gasteiger partial charge in [-0.25, -0.2) is 4.79 Å². The van der Waals surface area contributed by atoms with Gasteiger partial charge in [0.15, 0.2) is 17.6 Å². The molecule has 0 N–H and O–H groups in total. The summed E-state index contributed by atoms with van der Waals surface area (Å²) in [6.07, 6.45) is -0.767. The van der Waals surface area contributed by atoms with E-state index in [9.17, 15) is 9.59 Å². The van der Waals surface area contributed by atoms with E-state index in [0.717, 1.165) is 0 Å². The minimum absolute atomic E-state index is 0.0339. The van der Waals surface area contributed by atoms with Gasteiger partial charge in [-0.2, -0.15) is 5.26 Å². The Bertz CT molecular complexity index is 671. The van der Waals surface area contributed by atoms with Crippen molar-refractivity contribution < 1.29 is 23.8 Å². The lowest BCUT2D eigenvalue weighted by Crippen LogP contribution is -2.37. The zero-order chi connectivity index (χ0) is 17.0. The van der Waals surface area contributed by atoms with E-state index in [1.807, 2.05) is 6.07 Å². The van der Waals surface area contributed by atoms with Gasteiger partial charge < -0.3 is 19.1 Å². The van der Waals surface area contributed by atoms with Crippen molar-refractivity contribution in [2.45, 2.75) is 19.4 Å². The van der Waals surface area contributed by atoms with Crippen molar-refractivity contribution >= 4 is 23.5 Å². The summed E-state index contributed by atoms with van der Waals surface area (Å²) in [5, 5.41) is 8.76. The zero-order valence-corrected chi connectivity index (χ0v) is 13.4. The minimum atomic E-state index is -0.976. The van der Waals surface area contributed by atoms with Gasteiger partial charge in [0.2, 0.25) is 6.79 Å². The first kappa shape index (κ1) is 16.9. The molecule has 1 amide bonds. The highest BCUT2D eigenvalue weighted by molar-refractivity contribution is 6.32. The number of nitrogens with zero attached hydrogens (tertiary/aromatic N) is 2. The number of carbonyl (C=O) groups excluding carboxylic acids is 2. The third-order valence-corrected chi connectivity index (χ3v) is 3.51. The number of hydrogen-bond acceptors (Lipinski definition) is 6. The van der Waals surface area contributed by atoms with Crippen LogP contribution in [0.4, 0.5) is 0 Å². The summed E-state index contributed by atoms with van der Waals surface area (Å²) >= 11 is 6.01. The maximum atomic E-state index is 12.1. The Kier molecular flexibility index (Phi) is 5.29. The van der Waals surface area contributed by atoms with Gasteiger partial charge in [0.05, 0.1) is 23.1 Å². The Morgan fingerprint density at radius 1 is 1.48 bits per heavy atom. The highest BCUT2D eigenvalue weighted by Crippen LogP contribution is 2.39. The van der Waals surface area contributed by atoms with Gasteiger partial charge in [0.1, 0.15) is 0 Å². The quantitative estimate of drug-likeness (QED) is 0.763. The average Bonchev–Trinajstić information content (AvgIpc) is 3.00. The van der Waals surface area contributed by atoms with Crippen LogP contribution >= 0.6 is 11.6 Å². The molecular weight excluding hydrogens is 324 g/mol. The van der Waals surface area contributed by atoms with Crippen LogP contribution in [0.2, 0.25) is 5.02 Å². The number of carbonyl (C=O) groups is 2. The van der Waals surface area contributed by atoms with Gasteiger partial charge in [0.25, 0.3) is 5.91 Å². The number of likely N-dealkylation sites (N-methyl/N-ethyl adjacent to an activating group) is 1. The van der Waals surface area contributed by atoms with E-state index in [2.05, 4.69) is 0 Å². The lowest BCUT2D eigenvalue weighted by molar-refractivity contribution is -0.138. The third-order valence-electron chi connectivity index (χ3n) is 3.23. The van der Waals surface area contributed by atoms with Crippen LogP contribution in [0.15, 0.2) is 12.1 Å². The summed E-state index contributed by atoms with van der Waals surface area (Å²) in [6.45, 7) is 1.77. The largest absolute Gasteiger partial charge is 0.454 e. The van der Waals surface area contributed by atoms with Crippen molar-refractivity contribution in [3.05, 3.63) is 22.7 Å². The number of amides is 1. The second-order valence-corrected chi connectivity index (χ2v) is 5.31. The predicted octanol–water partition coefficient (Wildman–Crippen LogP) is 1.99. The first-order valence-corrected chi connectivity index (χ1v) is 7.24. The monoisotopic (exact) mass is 338 g/mol. The molecule has 0 aromatic heterocycles. The maximum Gasteiger partial charge on any atom is 0.339 e. The summed E-state index contributed by atoms with van der Waals surface area (Å²) in [7, 11) is 1.54. The molecular formula is C15H15ClN2O5. The molecule has 1 aromatic rings. The molecule has 1 aliphatic rings. The standard InChI is InChI=1S/C15H15ClN2O5/c1-9(14(19)18(2)5-3-4-17)23-15(20)10-6-11(16)13-12(7-10)21-8-22-13/h6-7,9H,3,5,8H2,1-2H3/t9-/m1/s1. The van der Waals surface area contributed by atoms with Crippen LogP contribution in [0.25, 0.3) is 0 Å². The van der Waals surface area contributed by atoms with Gasteiger partial charge in [-0.05, 0) is 19.1 Å². The topological polar surface area (TPSA) is 88.9 Å². The average molecular weight is 339 g/mol. The number of benzene rings is 1. The van der Waals surface area contributed by atoms with E-state index in [4.69, 9.17) is 31.1 Å². The SMILES string of the molecule is C[C@@H](OC(=O)c1cc(Cl)c2c(c1)OCO2)C(=O)N(C)CCC#N. The molecule has 1 aromatic carbocycles. The number of halogens is 1. The first-order valence-electron chi connectivity index (χ1n) is 6.86. The fourth-order valence-electron chi connectivity index (χ4n) is 2.00. The number of esters is 1. The second kappa shape index (κ2) is 7.20. The van der Waals surface area contributed by atoms with E-state index >= 15 is 0 Å². The molecule has 8 heteroatoms. The van der Waals surface area contributed by atoms with Crippen LogP contribution in [0.3, 0.4) is 0 Å². The highest BCUT2D eigenvalue weighted by atomic mass is 35.5. The van der Waals surface area contributed by atoms with Crippen LogP contribution < -0.4 is 9.47 Å². The van der Waals surface area contributed by atoms with Crippen LogP contribution in [0.5, 0.6) is 11.5 Å². The molecule has 1 aliphatic heterocycles. The number of nitriles is 1.